The fourth-order valence-corrected chi connectivity index (χ4v) is 6.48. The molecule has 5 rings (SSSR count). The highest BCUT2D eigenvalue weighted by atomic mass is 32.2. The standard InChI is InChI=1S/C29H36N6O5S/c30-16-19-17-35(18-19)41(38,39)25-7-1-4-20(13-25)21-8-9-22-12-23(15-27(31)34-26(22)14-21)28(36)32-10-3-11-33-29(37)40-24-5-2-6-24/h1,4,7-9,12-14,19,24H,2-3,5-6,10-11,15-18,30H2,(H2,31,34)(H,32,36)(H,33,37). The molecule has 0 radical (unpaired) electrons. The largest absolute Gasteiger partial charge is 0.446 e. The Kier molecular flexibility index (Phi) is 8.71. The summed E-state index contributed by atoms with van der Waals surface area (Å²) >= 11 is 0. The fraction of sp³-hybridized carbons (Fsp3) is 0.414. The molecule has 0 bridgehead atoms. The highest BCUT2D eigenvalue weighted by molar-refractivity contribution is 7.89. The van der Waals surface area contributed by atoms with Gasteiger partial charge >= 0.3 is 6.09 Å². The lowest BCUT2D eigenvalue weighted by atomic mass is 9.96. The SMILES string of the molecule is NCC1CN(S(=O)(=O)c2cccc(-c3ccc4c(c3)N=C(N)CC(C(=O)NCCCNC(=O)OC3CCC3)=C4)c2)C1. The molecule has 2 aliphatic heterocycles. The molecule has 2 heterocycles. The Hall–Kier alpha value is -3.74. The van der Waals surface area contributed by atoms with Gasteiger partial charge in [-0.2, -0.15) is 4.31 Å². The summed E-state index contributed by atoms with van der Waals surface area (Å²) in [6, 6.07) is 12.4. The number of carbonyl (C=O) groups excluding carboxylic acids is 2. The van der Waals surface area contributed by atoms with Crippen molar-refractivity contribution >= 4 is 39.6 Å². The Balaban J connectivity index is 1.22. The fourth-order valence-electron chi connectivity index (χ4n) is 4.85. The van der Waals surface area contributed by atoms with Crippen LogP contribution in [0, 0.1) is 5.92 Å². The number of benzene rings is 2. The number of nitrogens with one attached hydrogen (secondary N) is 2. The Morgan fingerprint density at radius 3 is 2.54 bits per heavy atom. The molecule has 0 unspecified atom stereocenters. The van der Waals surface area contributed by atoms with Crippen LogP contribution < -0.4 is 22.1 Å². The van der Waals surface area contributed by atoms with Crippen molar-refractivity contribution in [1.29, 1.82) is 0 Å². The number of nitrogens with two attached hydrogens (primary N) is 2. The highest BCUT2D eigenvalue weighted by Gasteiger charge is 2.36. The van der Waals surface area contributed by atoms with Crippen LogP contribution in [0.3, 0.4) is 0 Å². The van der Waals surface area contributed by atoms with E-state index in [0.717, 1.165) is 36.0 Å². The Morgan fingerprint density at radius 1 is 1.05 bits per heavy atom. The summed E-state index contributed by atoms with van der Waals surface area (Å²) in [6.45, 7) is 2.12. The van der Waals surface area contributed by atoms with Crippen LogP contribution in [0.4, 0.5) is 10.5 Å². The van der Waals surface area contributed by atoms with E-state index in [2.05, 4.69) is 15.6 Å². The van der Waals surface area contributed by atoms with Crippen molar-refractivity contribution in [2.24, 2.45) is 22.4 Å². The minimum absolute atomic E-state index is 0.0319. The monoisotopic (exact) mass is 580 g/mol. The van der Waals surface area contributed by atoms with E-state index in [4.69, 9.17) is 16.2 Å². The van der Waals surface area contributed by atoms with Gasteiger partial charge in [-0.05, 0) is 73.5 Å². The van der Waals surface area contributed by atoms with Crippen molar-refractivity contribution in [2.75, 3.05) is 32.7 Å². The Morgan fingerprint density at radius 2 is 1.80 bits per heavy atom. The number of alkyl carbamates (subject to hydrolysis) is 1. The molecule has 1 saturated carbocycles. The predicted octanol–water partition coefficient (Wildman–Crippen LogP) is 2.49. The molecule has 41 heavy (non-hydrogen) atoms. The number of hydrogen-bond donors (Lipinski definition) is 4. The maximum Gasteiger partial charge on any atom is 0.407 e. The third-order valence-electron chi connectivity index (χ3n) is 7.58. The molecule has 6 N–H and O–H groups in total. The van der Waals surface area contributed by atoms with Gasteiger partial charge in [0.2, 0.25) is 15.9 Å². The van der Waals surface area contributed by atoms with Crippen molar-refractivity contribution < 1.29 is 22.7 Å². The van der Waals surface area contributed by atoms with Crippen LogP contribution in [0.2, 0.25) is 0 Å². The number of hydrogen-bond acceptors (Lipinski definition) is 8. The average molecular weight is 581 g/mol. The highest BCUT2D eigenvalue weighted by Crippen LogP contribution is 2.33. The molecular formula is C29H36N6O5S. The summed E-state index contributed by atoms with van der Waals surface area (Å²) in [5, 5.41) is 5.58. The van der Waals surface area contributed by atoms with Gasteiger partial charge in [-0.15, -0.1) is 0 Å². The first-order chi connectivity index (χ1) is 19.7. The number of ether oxygens (including phenoxy) is 1. The van der Waals surface area contributed by atoms with Gasteiger partial charge in [-0.1, -0.05) is 24.3 Å². The molecule has 1 saturated heterocycles. The zero-order chi connectivity index (χ0) is 29.0. The third-order valence-corrected chi connectivity index (χ3v) is 9.41. The molecule has 3 aliphatic rings. The van der Waals surface area contributed by atoms with Gasteiger partial charge in [0.25, 0.3) is 0 Å². The molecule has 0 aromatic heterocycles. The lowest BCUT2D eigenvalue weighted by molar-refractivity contribution is -0.117. The Bertz CT molecular complexity index is 1480. The van der Waals surface area contributed by atoms with Gasteiger partial charge in [-0.3, -0.25) is 4.79 Å². The first-order valence-corrected chi connectivity index (χ1v) is 15.4. The lowest BCUT2D eigenvalue weighted by Crippen LogP contribution is -2.52. The summed E-state index contributed by atoms with van der Waals surface area (Å²) in [7, 11) is -3.59. The van der Waals surface area contributed by atoms with Gasteiger partial charge in [0.05, 0.1) is 10.6 Å². The molecular weight excluding hydrogens is 544 g/mol. The Labute approximate surface area is 240 Å². The first-order valence-electron chi connectivity index (χ1n) is 13.9. The molecule has 11 nitrogen and oxygen atoms in total. The van der Waals surface area contributed by atoms with Crippen molar-refractivity contribution in [3.63, 3.8) is 0 Å². The van der Waals surface area contributed by atoms with Crippen molar-refractivity contribution in [3.8, 4) is 11.1 Å². The van der Waals surface area contributed by atoms with E-state index >= 15 is 0 Å². The second-order valence-corrected chi connectivity index (χ2v) is 12.6. The van der Waals surface area contributed by atoms with Crippen LogP contribution in [-0.4, -0.2) is 69.4 Å². The van der Waals surface area contributed by atoms with Crippen molar-refractivity contribution in [1.82, 2.24) is 14.9 Å². The number of nitrogens with zero attached hydrogens (tertiary/aromatic N) is 2. The van der Waals surface area contributed by atoms with E-state index < -0.39 is 16.1 Å². The topological polar surface area (TPSA) is 169 Å². The van der Waals surface area contributed by atoms with Gasteiger partial charge in [0.15, 0.2) is 0 Å². The molecule has 2 fully saturated rings. The molecule has 218 valence electrons. The van der Waals surface area contributed by atoms with Gasteiger partial charge in [0.1, 0.15) is 11.9 Å². The van der Waals surface area contributed by atoms with Crippen LogP contribution in [0.25, 0.3) is 17.2 Å². The van der Waals surface area contributed by atoms with Gasteiger partial charge < -0.3 is 26.8 Å². The molecule has 0 atom stereocenters. The van der Waals surface area contributed by atoms with E-state index in [1.54, 1.807) is 24.3 Å². The zero-order valence-electron chi connectivity index (χ0n) is 22.8. The molecule has 2 amide bonds. The van der Waals surface area contributed by atoms with Gasteiger partial charge in [-0.25, -0.2) is 18.2 Å². The maximum atomic E-state index is 13.1. The molecule has 0 spiro atoms. The second-order valence-electron chi connectivity index (χ2n) is 10.7. The van der Waals surface area contributed by atoms with Crippen LogP contribution in [0.15, 0.2) is 57.9 Å². The first kappa shape index (κ1) is 28.8. The quantitative estimate of drug-likeness (QED) is 0.313. The van der Waals surface area contributed by atoms with E-state index in [1.165, 1.54) is 4.31 Å². The number of carbonyl (C=O) groups is 2. The minimum Gasteiger partial charge on any atom is -0.446 e. The van der Waals surface area contributed by atoms with E-state index in [-0.39, 0.29) is 29.2 Å². The summed E-state index contributed by atoms with van der Waals surface area (Å²) < 4.78 is 32.8. The summed E-state index contributed by atoms with van der Waals surface area (Å²) in [5.41, 5.74) is 15.1. The van der Waals surface area contributed by atoms with Crippen LogP contribution in [-0.2, 0) is 19.6 Å². The molecule has 2 aromatic rings. The lowest BCUT2D eigenvalue weighted by Gasteiger charge is -2.37. The maximum absolute atomic E-state index is 13.1. The van der Waals surface area contributed by atoms with E-state index in [9.17, 15) is 18.0 Å². The smallest absolute Gasteiger partial charge is 0.407 e. The number of amidine groups is 1. The van der Waals surface area contributed by atoms with Crippen LogP contribution >= 0.6 is 0 Å². The van der Waals surface area contributed by atoms with Crippen LogP contribution in [0.5, 0.6) is 0 Å². The summed E-state index contributed by atoms with van der Waals surface area (Å²) in [4.78, 5) is 29.4. The van der Waals surface area contributed by atoms with E-state index in [0.29, 0.717) is 56.2 Å². The van der Waals surface area contributed by atoms with Crippen molar-refractivity contribution in [2.45, 2.75) is 43.1 Å². The number of aliphatic imine (C=N–C) groups is 1. The molecule has 1 aliphatic carbocycles. The number of fused-ring (bicyclic) bond motifs is 1. The summed E-state index contributed by atoms with van der Waals surface area (Å²) in [5.74, 6) is 0.245. The number of amides is 2. The van der Waals surface area contributed by atoms with Crippen molar-refractivity contribution in [3.05, 3.63) is 53.6 Å². The average Bonchev–Trinajstić information content (AvgIpc) is 3.07. The normalized spacial score (nSPS) is 17.7. The van der Waals surface area contributed by atoms with Crippen LogP contribution in [0.1, 0.15) is 37.7 Å². The third kappa shape index (κ3) is 6.77. The summed E-state index contributed by atoms with van der Waals surface area (Å²) in [6.07, 6.45) is 5.06. The molecule has 12 heteroatoms. The number of rotatable bonds is 10. The zero-order valence-corrected chi connectivity index (χ0v) is 23.7. The number of sulfonamides is 1. The second kappa shape index (κ2) is 12.4. The van der Waals surface area contributed by atoms with E-state index in [1.807, 2.05) is 24.3 Å². The predicted molar refractivity (Wildman–Crippen MR) is 157 cm³/mol. The minimum atomic E-state index is -3.59. The van der Waals surface area contributed by atoms with Gasteiger partial charge in [0, 0.05) is 43.7 Å². The molecule has 2 aromatic carbocycles.